The number of thioether (sulfide) groups is 1. The highest BCUT2D eigenvalue weighted by atomic mass is 79.9. The summed E-state index contributed by atoms with van der Waals surface area (Å²) >= 11 is 4.47. The second-order valence-electron chi connectivity index (χ2n) is 6.26. The molecule has 2 aliphatic rings. The van der Waals surface area contributed by atoms with Crippen molar-refractivity contribution >= 4 is 44.9 Å². The van der Waals surface area contributed by atoms with Gasteiger partial charge < -0.3 is 4.74 Å². The van der Waals surface area contributed by atoms with Crippen LogP contribution in [0, 0.1) is 5.92 Å². The Hall–Kier alpha value is -1.27. The van der Waals surface area contributed by atoms with E-state index in [2.05, 4.69) is 28.2 Å². The second kappa shape index (κ2) is 7.74. The van der Waals surface area contributed by atoms with E-state index in [1.54, 1.807) is 6.08 Å². The van der Waals surface area contributed by atoms with Gasteiger partial charge in [0.2, 0.25) is 0 Å². The molecule has 1 aliphatic carbocycles. The van der Waals surface area contributed by atoms with Gasteiger partial charge in [-0.2, -0.15) is 0 Å². The number of benzene rings is 1. The summed E-state index contributed by atoms with van der Waals surface area (Å²) in [6.45, 7) is 2.14. The first kappa shape index (κ1) is 17.5. The largest absolute Gasteiger partial charge is 0.489 e. The first-order valence-electron chi connectivity index (χ1n) is 8.24. The minimum absolute atomic E-state index is 0.194. The van der Waals surface area contributed by atoms with Gasteiger partial charge in [-0.05, 0) is 77.1 Å². The van der Waals surface area contributed by atoms with Crippen LogP contribution in [0.1, 0.15) is 44.6 Å². The topological polar surface area (TPSA) is 55.4 Å². The molecule has 1 heterocycles. The Labute approximate surface area is 154 Å². The normalized spacial score (nSPS) is 21.8. The molecule has 24 heavy (non-hydrogen) atoms. The Bertz CT molecular complexity index is 683. The Morgan fingerprint density at radius 2 is 2.04 bits per heavy atom. The molecule has 2 amide bonds. The zero-order chi connectivity index (χ0) is 17.1. The fourth-order valence-corrected chi connectivity index (χ4v) is 4.35. The number of rotatable bonds is 4. The molecule has 4 nitrogen and oxygen atoms in total. The van der Waals surface area contributed by atoms with E-state index in [1.807, 2.05) is 18.2 Å². The van der Waals surface area contributed by atoms with Crippen LogP contribution >= 0.6 is 27.7 Å². The van der Waals surface area contributed by atoms with Crippen molar-refractivity contribution < 1.29 is 14.3 Å². The summed E-state index contributed by atoms with van der Waals surface area (Å²) < 4.78 is 7.00. The van der Waals surface area contributed by atoms with Crippen molar-refractivity contribution in [3.8, 4) is 5.75 Å². The first-order chi connectivity index (χ1) is 11.5. The number of hydrogen-bond donors (Lipinski definition) is 1. The third-order valence-corrected chi connectivity index (χ3v) is 5.95. The van der Waals surface area contributed by atoms with Crippen molar-refractivity contribution in [2.24, 2.45) is 5.92 Å². The van der Waals surface area contributed by atoms with Crippen LogP contribution < -0.4 is 10.1 Å². The van der Waals surface area contributed by atoms with Gasteiger partial charge in [0.1, 0.15) is 5.75 Å². The van der Waals surface area contributed by atoms with Crippen LogP contribution in [-0.4, -0.2) is 17.3 Å². The van der Waals surface area contributed by atoms with Gasteiger partial charge in [-0.15, -0.1) is 0 Å². The van der Waals surface area contributed by atoms with Crippen LogP contribution in [-0.2, 0) is 4.79 Å². The fourth-order valence-electron chi connectivity index (χ4n) is 3.17. The monoisotopic (exact) mass is 409 g/mol. The minimum atomic E-state index is -0.340. The lowest BCUT2D eigenvalue weighted by Gasteiger charge is -2.28. The van der Waals surface area contributed by atoms with Crippen molar-refractivity contribution in [3.63, 3.8) is 0 Å². The Morgan fingerprint density at radius 3 is 2.67 bits per heavy atom. The Kier molecular flexibility index (Phi) is 5.66. The molecule has 0 bridgehead atoms. The van der Waals surface area contributed by atoms with Gasteiger partial charge in [0.05, 0.1) is 15.5 Å². The Morgan fingerprint density at radius 1 is 1.29 bits per heavy atom. The van der Waals surface area contributed by atoms with Gasteiger partial charge in [-0.1, -0.05) is 25.3 Å². The van der Waals surface area contributed by atoms with E-state index in [0.717, 1.165) is 27.5 Å². The second-order valence-corrected chi connectivity index (χ2v) is 8.13. The molecule has 1 saturated carbocycles. The average molecular weight is 410 g/mol. The molecule has 1 saturated heterocycles. The van der Waals surface area contributed by atoms with E-state index in [4.69, 9.17) is 4.74 Å². The zero-order valence-electron chi connectivity index (χ0n) is 13.5. The summed E-state index contributed by atoms with van der Waals surface area (Å²) in [6, 6.07) is 5.72. The molecule has 2 fully saturated rings. The van der Waals surface area contributed by atoms with E-state index in [9.17, 15) is 9.59 Å². The quantitative estimate of drug-likeness (QED) is 0.700. The van der Waals surface area contributed by atoms with Crippen LogP contribution in [0.15, 0.2) is 27.6 Å². The van der Waals surface area contributed by atoms with Crippen molar-refractivity contribution in [1.82, 2.24) is 5.32 Å². The maximum atomic E-state index is 11.6. The predicted molar refractivity (Wildman–Crippen MR) is 99.9 cm³/mol. The van der Waals surface area contributed by atoms with Crippen molar-refractivity contribution in [3.05, 3.63) is 33.1 Å². The summed E-state index contributed by atoms with van der Waals surface area (Å²) in [5.74, 6) is 1.10. The van der Waals surface area contributed by atoms with Crippen molar-refractivity contribution in [2.45, 2.75) is 45.1 Å². The van der Waals surface area contributed by atoms with E-state index in [-0.39, 0.29) is 17.3 Å². The van der Waals surface area contributed by atoms with Crippen LogP contribution in [0.25, 0.3) is 6.08 Å². The molecular weight excluding hydrogens is 390 g/mol. The standard InChI is InChI=1S/C18H20BrNO3S/c1-11(13-5-3-2-4-6-13)23-15-8-7-12(9-14(15)19)10-16-17(21)20-18(22)24-16/h7-11,13H,2-6H2,1H3,(H,20,21,22)/b16-10-. The molecule has 1 N–H and O–H groups in total. The number of imide groups is 1. The van der Waals surface area contributed by atoms with Crippen LogP contribution in [0.3, 0.4) is 0 Å². The molecule has 0 radical (unpaired) electrons. The maximum Gasteiger partial charge on any atom is 0.290 e. The number of ether oxygens (including phenoxy) is 1. The van der Waals surface area contributed by atoms with Gasteiger partial charge in [0.15, 0.2) is 0 Å². The van der Waals surface area contributed by atoms with Gasteiger partial charge in [0, 0.05) is 0 Å². The molecule has 0 aromatic heterocycles. The van der Waals surface area contributed by atoms with Crippen LogP contribution in [0.5, 0.6) is 5.75 Å². The Balaban J connectivity index is 1.69. The third kappa shape index (κ3) is 4.22. The summed E-state index contributed by atoms with van der Waals surface area (Å²) in [4.78, 5) is 23.2. The van der Waals surface area contributed by atoms with Gasteiger partial charge >= 0.3 is 0 Å². The van der Waals surface area contributed by atoms with E-state index in [0.29, 0.717) is 10.8 Å². The number of amides is 2. The minimum Gasteiger partial charge on any atom is -0.489 e. The molecule has 1 atom stereocenters. The molecule has 0 spiro atoms. The summed E-state index contributed by atoms with van der Waals surface area (Å²) in [7, 11) is 0. The van der Waals surface area contributed by atoms with Crippen LogP contribution in [0.4, 0.5) is 4.79 Å². The SMILES string of the molecule is CC(Oc1ccc(/C=C2\SC(=O)NC2=O)cc1Br)C1CCCCC1. The average Bonchev–Trinajstić information content (AvgIpc) is 2.88. The van der Waals surface area contributed by atoms with E-state index >= 15 is 0 Å². The lowest BCUT2D eigenvalue weighted by molar-refractivity contribution is -0.115. The lowest BCUT2D eigenvalue weighted by Crippen LogP contribution is -2.25. The molecule has 6 heteroatoms. The van der Waals surface area contributed by atoms with Crippen LogP contribution in [0.2, 0.25) is 0 Å². The molecular formula is C18H20BrNO3S. The molecule has 3 rings (SSSR count). The van der Waals surface area contributed by atoms with Gasteiger partial charge in [0.25, 0.3) is 11.1 Å². The van der Waals surface area contributed by atoms with E-state index < -0.39 is 0 Å². The number of carbonyl (C=O) groups excluding carboxylic acids is 2. The molecule has 128 valence electrons. The number of halogens is 1. The summed E-state index contributed by atoms with van der Waals surface area (Å²) in [6.07, 6.45) is 8.32. The number of nitrogens with one attached hydrogen (secondary N) is 1. The van der Waals surface area contributed by atoms with Gasteiger partial charge in [-0.25, -0.2) is 0 Å². The third-order valence-electron chi connectivity index (χ3n) is 4.52. The molecule has 1 aliphatic heterocycles. The zero-order valence-corrected chi connectivity index (χ0v) is 15.9. The van der Waals surface area contributed by atoms with Gasteiger partial charge in [-0.3, -0.25) is 14.9 Å². The highest BCUT2D eigenvalue weighted by molar-refractivity contribution is 9.10. The fraction of sp³-hybridized carbons (Fsp3) is 0.444. The first-order valence-corrected chi connectivity index (χ1v) is 9.85. The predicted octanol–water partition coefficient (Wildman–Crippen LogP) is 5.12. The molecule has 1 unspecified atom stereocenters. The van der Waals surface area contributed by atoms with Crippen molar-refractivity contribution in [1.29, 1.82) is 0 Å². The summed E-state index contributed by atoms with van der Waals surface area (Å²) in [5.41, 5.74) is 0.854. The molecule has 1 aromatic rings. The highest BCUT2D eigenvalue weighted by Crippen LogP contribution is 2.33. The number of carbonyl (C=O) groups is 2. The van der Waals surface area contributed by atoms with E-state index in [1.165, 1.54) is 32.1 Å². The summed E-state index contributed by atoms with van der Waals surface area (Å²) in [5, 5.41) is 1.93. The lowest BCUT2D eigenvalue weighted by atomic mass is 9.86. The molecule has 1 aromatic carbocycles. The highest BCUT2D eigenvalue weighted by Gasteiger charge is 2.25. The van der Waals surface area contributed by atoms with Crippen molar-refractivity contribution in [2.75, 3.05) is 0 Å². The maximum absolute atomic E-state index is 11.6. The number of hydrogen-bond acceptors (Lipinski definition) is 4. The smallest absolute Gasteiger partial charge is 0.290 e.